The van der Waals surface area contributed by atoms with Crippen LogP contribution in [0.4, 0.5) is 0 Å². The lowest BCUT2D eigenvalue weighted by molar-refractivity contribution is -0.117. The Bertz CT molecular complexity index is 808. The molecule has 0 aliphatic carbocycles. The number of methoxy groups -OCH3 is 1. The average Bonchev–Trinajstić information content (AvgIpc) is 2.64. The van der Waals surface area contributed by atoms with E-state index in [4.69, 9.17) is 0 Å². The number of aromatic nitrogens is 1. The number of pyridine rings is 1. The number of nitriles is 1. The smallest absolute Gasteiger partial charge is 0.337 e. The lowest BCUT2D eigenvalue weighted by Crippen LogP contribution is -2.24. The van der Waals surface area contributed by atoms with E-state index in [0.29, 0.717) is 11.1 Å². The maximum absolute atomic E-state index is 12.1. The molecule has 1 amide bonds. The zero-order chi connectivity index (χ0) is 17.4. The summed E-state index contributed by atoms with van der Waals surface area (Å²) < 4.78 is 4.65. The van der Waals surface area contributed by atoms with Gasteiger partial charge in [-0.15, -0.1) is 0 Å². The Labute approximate surface area is 139 Å². The van der Waals surface area contributed by atoms with Crippen molar-refractivity contribution in [2.24, 2.45) is 0 Å². The number of ether oxygens (including phenoxy) is 1. The van der Waals surface area contributed by atoms with Gasteiger partial charge in [-0.3, -0.25) is 9.78 Å². The van der Waals surface area contributed by atoms with Crippen molar-refractivity contribution >= 4 is 18.0 Å². The molecule has 2 rings (SSSR count). The second-order valence-electron chi connectivity index (χ2n) is 4.83. The monoisotopic (exact) mass is 321 g/mol. The van der Waals surface area contributed by atoms with Crippen LogP contribution in [0.25, 0.3) is 6.08 Å². The number of carbonyl (C=O) groups excluding carboxylic acids is 2. The fourth-order valence-corrected chi connectivity index (χ4v) is 1.97. The van der Waals surface area contributed by atoms with Crippen LogP contribution in [0.5, 0.6) is 0 Å². The van der Waals surface area contributed by atoms with Gasteiger partial charge in [0.1, 0.15) is 11.6 Å². The molecule has 0 spiro atoms. The highest BCUT2D eigenvalue weighted by molar-refractivity contribution is 6.02. The molecule has 0 saturated heterocycles. The minimum absolute atomic E-state index is 0.0547. The molecule has 0 saturated carbocycles. The fraction of sp³-hybridized carbons (Fsp3) is 0.111. The molecular weight excluding hydrogens is 306 g/mol. The highest BCUT2D eigenvalue weighted by Gasteiger charge is 2.10. The van der Waals surface area contributed by atoms with E-state index in [1.807, 2.05) is 12.1 Å². The third kappa shape index (κ3) is 4.52. The molecule has 24 heavy (non-hydrogen) atoms. The second-order valence-corrected chi connectivity index (χ2v) is 4.83. The molecule has 0 aliphatic rings. The summed E-state index contributed by atoms with van der Waals surface area (Å²) in [5, 5.41) is 11.9. The fourth-order valence-electron chi connectivity index (χ4n) is 1.97. The summed E-state index contributed by atoms with van der Waals surface area (Å²) in [6, 6.07) is 11.9. The Morgan fingerprint density at radius 1 is 1.33 bits per heavy atom. The van der Waals surface area contributed by atoms with Crippen molar-refractivity contribution in [3.63, 3.8) is 0 Å². The lowest BCUT2D eigenvalue weighted by Gasteiger charge is -2.04. The number of nitrogens with zero attached hydrogens (tertiary/aromatic N) is 2. The number of amides is 1. The molecule has 6 nitrogen and oxygen atoms in total. The maximum atomic E-state index is 12.1. The van der Waals surface area contributed by atoms with E-state index in [1.54, 1.807) is 42.7 Å². The summed E-state index contributed by atoms with van der Waals surface area (Å²) in [6.07, 6.45) is 4.70. The van der Waals surface area contributed by atoms with Crippen molar-refractivity contribution < 1.29 is 14.3 Å². The Kier molecular flexibility index (Phi) is 5.81. The van der Waals surface area contributed by atoms with Crippen molar-refractivity contribution in [2.75, 3.05) is 7.11 Å². The summed E-state index contributed by atoms with van der Waals surface area (Å²) in [7, 11) is 1.29. The normalized spacial score (nSPS) is 10.6. The maximum Gasteiger partial charge on any atom is 0.337 e. The van der Waals surface area contributed by atoms with Crippen molar-refractivity contribution in [1.29, 1.82) is 5.26 Å². The molecular formula is C18H15N3O3. The lowest BCUT2D eigenvalue weighted by atomic mass is 10.1. The molecule has 0 unspecified atom stereocenters. The van der Waals surface area contributed by atoms with E-state index in [0.717, 1.165) is 5.56 Å². The van der Waals surface area contributed by atoms with Gasteiger partial charge in [-0.25, -0.2) is 4.79 Å². The molecule has 0 fully saturated rings. The Morgan fingerprint density at radius 2 is 2.17 bits per heavy atom. The van der Waals surface area contributed by atoms with Crippen LogP contribution in [0.3, 0.4) is 0 Å². The predicted octanol–water partition coefficient (Wildman–Crippen LogP) is 2.09. The quantitative estimate of drug-likeness (QED) is 0.517. The molecule has 0 aliphatic heterocycles. The molecule has 1 aromatic carbocycles. The van der Waals surface area contributed by atoms with Crippen molar-refractivity contribution in [2.45, 2.75) is 6.54 Å². The number of hydrogen-bond acceptors (Lipinski definition) is 5. The van der Waals surface area contributed by atoms with E-state index >= 15 is 0 Å². The molecule has 1 N–H and O–H groups in total. The summed E-state index contributed by atoms with van der Waals surface area (Å²) in [6.45, 7) is 0.272. The van der Waals surface area contributed by atoms with Crippen LogP contribution in [-0.4, -0.2) is 24.0 Å². The van der Waals surface area contributed by atoms with E-state index in [-0.39, 0.29) is 12.1 Å². The predicted molar refractivity (Wildman–Crippen MR) is 87.5 cm³/mol. The molecule has 1 aromatic heterocycles. The van der Waals surface area contributed by atoms with E-state index in [9.17, 15) is 14.9 Å². The summed E-state index contributed by atoms with van der Waals surface area (Å²) in [5.74, 6) is -0.977. The van der Waals surface area contributed by atoms with Gasteiger partial charge in [0.05, 0.1) is 12.7 Å². The summed E-state index contributed by atoms with van der Waals surface area (Å²) in [5.41, 5.74) is 1.68. The zero-order valence-corrected chi connectivity index (χ0v) is 13.0. The van der Waals surface area contributed by atoms with E-state index in [2.05, 4.69) is 15.0 Å². The number of esters is 1. The van der Waals surface area contributed by atoms with Gasteiger partial charge in [0.15, 0.2) is 0 Å². The van der Waals surface area contributed by atoms with Crippen LogP contribution < -0.4 is 5.32 Å². The minimum Gasteiger partial charge on any atom is -0.465 e. The number of hydrogen-bond donors (Lipinski definition) is 1. The summed E-state index contributed by atoms with van der Waals surface area (Å²) in [4.78, 5) is 27.6. The zero-order valence-electron chi connectivity index (χ0n) is 13.0. The van der Waals surface area contributed by atoms with Crippen LogP contribution in [-0.2, 0) is 16.1 Å². The third-order valence-electron chi connectivity index (χ3n) is 3.16. The van der Waals surface area contributed by atoms with Gasteiger partial charge in [0.25, 0.3) is 5.91 Å². The highest BCUT2D eigenvalue weighted by atomic mass is 16.5. The minimum atomic E-state index is -0.496. The van der Waals surface area contributed by atoms with Crippen molar-refractivity contribution in [1.82, 2.24) is 10.3 Å². The number of nitrogens with one attached hydrogen (secondary N) is 1. The topological polar surface area (TPSA) is 92.1 Å². The molecule has 120 valence electrons. The Hall–Kier alpha value is -3.46. The first-order valence-electron chi connectivity index (χ1n) is 7.11. The molecule has 0 radical (unpaired) electrons. The third-order valence-corrected chi connectivity index (χ3v) is 3.16. The van der Waals surface area contributed by atoms with Crippen molar-refractivity contribution in [3.05, 3.63) is 71.1 Å². The second kappa shape index (κ2) is 8.25. The molecule has 2 aromatic rings. The highest BCUT2D eigenvalue weighted by Crippen LogP contribution is 2.11. The van der Waals surface area contributed by atoms with Gasteiger partial charge in [-0.1, -0.05) is 18.2 Å². The van der Waals surface area contributed by atoms with Gasteiger partial charge in [0, 0.05) is 18.9 Å². The van der Waals surface area contributed by atoms with Gasteiger partial charge in [0.2, 0.25) is 0 Å². The van der Waals surface area contributed by atoms with Crippen molar-refractivity contribution in [3.8, 4) is 6.07 Å². The number of benzene rings is 1. The van der Waals surface area contributed by atoms with Gasteiger partial charge in [-0.2, -0.15) is 5.26 Å². The van der Waals surface area contributed by atoms with Crippen LogP contribution in [0.15, 0.2) is 54.4 Å². The van der Waals surface area contributed by atoms with Crippen LogP contribution in [0.2, 0.25) is 0 Å². The first-order chi connectivity index (χ1) is 11.6. The van der Waals surface area contributed by atoms with E-state index in [1.165, 1.54) is 13.2 Å². The first-order valence-corrected chi connectivity index (χ1v) is 7.11. The van der Waals surface area contributed by atoms with E-state index < -0.39 is 11.9 Å². The Morgan fingerprint density at radius 3 is 2.83 bits per heavy atom. The van der Waals surface area contributed by atoms with Gasteiger partial charge in [-0.05, 0) is 35.4 Å². The molecule has 0 bridgehead atoms. The first kappa shape index (κ1) is 16.9. The Balaban J connectivity index is 2.12. The SMILES string of the molecule is COC(=O)c1cccc(/C=C(\C#N)C(=O)NCc2cccnc2)c1. The van der Waals surface area contributed by atoms with Crippen LogP contribution in [0, 0.1) is 11.3 Å². The largest absolute Gasteiger partial charge is 0.465 e. The van der Waals surface area contributed by atoms with Gasteiger partial charge < -0.3 is 10.1 Å². The summed E-state index contributed by atoms with van der Waals surface area (Å²) >= 11 is 0. The van der Waals surface area contributed by atoms with Crippen LogP contribution in [0.1, 0.15) is 21.5 Å². The number of carbonyl (C=O) groups is 2. The molecule has 1 heterocycles. The molecule has 6 heteroatoms. The van der Waals surface area contributed by atoms with Crippen LogP contribution >= 0.6 is 0 Å². The van der Waals surface area contributed by atoms with Gasteiger partial charge >= 0.3 is 5.97 Å². The average molecular weight is 321 g/mol. The number of rotatable bonds is 5. The standard InChI is InChI=1S/C18H15N3O3/c1-24-18(23)15-6-2-4-13(8-15)9-16(10-19)17(22)21-12-14-5-3-7-20-11-14/h2-9,11H,12H2,1H3,(H,21,22)/b16-9+. The molecule has 0 atom stereocenters.